The number of hydrogen-bond donors (Lipinski definition) is 1. The number of ketones is 1. The van der Waals surface area contributed by atoms with Gasteiger partial charge in [0.15, 0.2) is 5.78 Å². The Labute approximate surface area is 90.4 Å². The summed E-state index contributed by atoms with van der Waals surface area (Å²) in [7, 11) is 0. The predicted octanol–water partition coefficient (Wildman–Crippen LogP) is 1.97. The molecule has 2 unspecified atom stereocenters. The highest BCUT2D eigenvalue weighted by Gasteiger charge is 2.34. The third-order valence-electron chi connectivity index (χ3n) is 3.97. The van der Waals surface area contributed by atoms with Crippen LogP contribution < -0.4 is 5.32 Å². The van der Waals surface area contributed by atoms with E-state index in [1.165, 1.54) is 18.4 Å². The molecule has 0 bridgehead atoms. The normalized spacial score (nSPS) is 35.1. The van der Waals surface area contributed by atoms with Gasteiger partial charge in [0.05, 0.1) is 0 Å². The lowest BCUT2D eigenvalue weighted by atomic mass is 9.72. The second-order valence-electron chi connectivity index (χ2n) is 4.80. The van der Waals surface area contributed by atoms with Crippen molar-refractivity contribution in [2.75, 3.05) is 6.54 Å². The second-order valence-corrected chi connectivity index (χ2v) is 4.80. The highest BCUT2D eigenvalue weighted by atomic mass is 16.1. The number of rotatable bonds is 0. The van der Waals surface area contributed by atoms with Crippen LogP contribution in [0.15, 0.2) is 23.3 Å². The van der Waals surface area contributed by atoms with E-state index in [0.29, 0.717) is 11.8 Å². The van der Waals surface area contributed by atoms with Crippen molar-refractivity contribution in [3.8, 4) is 0 Å². The van der Waals surface area contributed by atoms with Crippen LogP contribution in [0.3, 0.4) is 0 Å². The molecule has 3 rings (SSSR count). The van der Waals surface area contributed by atoms with Gasteiger partial charge in [0.1, 0.15) is 0 Å². The molecular weight excluding hydrogens is 186 g/mol. The Morgan fingerprint density at radius 1 is 1.27 bits per heavy atom. The van der Waals surface area contributed by atoms with E-state index < -0.39 is 0 Å². The van der Waals surface area contributed by atoms with Crippen LogP contribution >= 0.6 is 0 Å². The number of fused-ring (bicyclic) bond motifs is 2. The van der Waals surface area contributed by atoms with Crippen LogP contribution in [0.1, 0.15) is 32.1 Å². The third-order valence-corrected chi connectivity index (χ3v) is 3.97. The zero-order valence-corrected chi connectivity index (χ0v) is 8.96. The average Bonchev–Trinajstić information content (AvgIpc) is 2.29. The fraction of sp³-hybridized carbons (Fsp3) is 0.615. The van der Waals surface area contributed by atoms with Crippen molar-refractivity contribution in [2.45, 2.75) is 38.1 Å². The van der Waals surface area contributed by atoms with Gasteiger partial charge in [-0.25, -0.2) is 0 Å². The number of hydrogen-bond acceptors (Lipinski definition) is 2. The van der Waals surface area contributed by atoms with Crippen LogP contribution in [0.4, 0.5) is 0 Å². The van der Waals surface area contributed by atoms with Crippen LogP contribution in [0, 0.1) is 5.92 Å². The molecular formula is C13H17NO. The Kier molecular flexibility index (Phi) is 2.24. The zero-order chi connectivity index (χ0) is 10.3. The Morgan fingerprint density at radius 3 is 3.13 bits per heavy atom. The first-order valence-corrected chi connectivity index (χ1v) is 6.02. The Bertz CT molecular complexity index is 354. The monoisotopic (exact) mass is 203 g/mol. The first kappa shape index (κ1) is 9.34. The molecule has 2 aliphatic carbocycles. The minimum Gasteiger partial charge on any atom is -0.310 e. The summed E-state index contributed by atoms with van der Waals surface area (Å²) in [5.41, 5.74) is 3.01. The van der Waals surface area contributed by atoms with Gasteiger partial charge in [-0.15, -0.1) is 0 Å². The summed E-state index contributed by atoms with van der Waals surface area (Å²) in [5.74, 6) is 0.578. The maximum absolute atomic E-state index is 11.8. The van der Waals surface area contributed by atoms with Crippen molar-refractivity contribution in [1.82, 2.24) is 5.32 Å². The molecule has 0 aromatic rings. The highest BCUT2D eigenvalue weighted by molar-refractivity contribution is 5.95. The summed E-state index contributed by atoms with van der Waals surface area (Å²) in [6.07, 6.45) is 9.50. The molecule has 3 aliphatic rings. The molecule has 0 aromatic carbocycles. The first-order valence-electron chi connectivity index (χ1n) is 6.02. The number of carbonyl (C=O) groups is 1. The first-order chi connectivity index (χ1) is 7.36. The van der Waals surface area contributed by atoms with Gasteiger partial charge in [0.25, 0.3) is 0 Å². The summed E-state index contributed by atoms with van der Waals surface area (Å²) in [5, 5.41) is 3.58. The molecule has 1 fully saturated rings. The maximum atomic E-state index is 11.8. The minimum absolute atomic E-state index is 0.237. The molecule has 2 heteroatoms. The van der Waals surface area contributed by atoms with Gasteiger partial charge < -0.3 is 5.32 Å². The van der Waals surface area contributed by atoms with Crippen molar-refractivity contribution in [3.05, 3.63) is 23.3 Å². The third kappa shape index (κ3) is 1.48. The summed E-state index contributed by atoms with van der Waals surface area (Å²) >= 11 is 0. The van der Waals surface area contributed by atoms with Crippen molar-refractivity contribution in [2.24, 2.45) is 5.92 Å². The Hall–Kier alpha value is -0.890. The lowest BCUT2D eigenvalue weighted by molar-refractivity contribution is -0.117. The number of nitrogens with one attached hydrogen (secondary N) is 1. The quantitative estimate of drug-likeness (QED) is 0.610. The minimum atomic E-state index is 0.237. The van der Waals surface area contributed by atoms with Crippen molar-refractivity contribution >= 4 is 5.78 Å². The van der Waals surface area contributed by atoms with Gasteiger partial charge in [0, 0.05) is 12.0 Å². The van der Waals surface area contributed by atoms with E-state index in [1.54, 1.807) is 11.6 Å². The number of allylic oxidation sites excluding steroid dienone is 3. The Morgan fingerprint density at radius 2 is 2.20 bits per heavy atom. The van der Waals surface area contributed by atoms with Crippen LogP contribution in [0.25, 0.3) is 0 Å². The van der Waals surface area contributed by atoms with E-state index in [9.17, 15) is 4.79 Å². The van der Waals surface area contributed by atoms with Crippen LogP contribution in [0.5, 0.6) is 0 Å². The molecule has 15 heavy (non-hydrogen) atoms. The molecule has 0 amide bonds. The van der Waals surface area contributed by atoms with Crippen LogP contribution in [-0.4, -0.2) is 18.4 Å². The highest BCUT2D eigenvalue weighted by Crippen LogP contribution is 2.38. The summed E-state index contributed by atoms with van der Waals surface area (Å²) < 4.78 is 0. The molecule has 2 nitrogen and oxygen atoms in total. The van der Waals surface area contributed by atoms with Gasteiger partial charge in [-0.2, -0.15) is 0 Å². The topological polar surface area (TPSA) is 29.1 Å². The van der Waals surface area contributed by atoms with E-state index in [0.717, 1.165) is 25.8 Å². The molecule has 0 aromatic heterocycles. The Balaban J connectivity index is 2.00. The van der Waals surface area contributed by atoms with E-state index in [2.05, 4.69) is 5.32 Å². The van der Waals surface area contributed by atoms with E-state index >= 15 is 0 Å². The number of piperidine rings is 1. The van der Waals surface area contributed by atoms with Crippen LogP contribution in [-0.2, 0) is 4.79 Å². The molecule has 2 atom stereocenters. The second kappa shape index (κ2) is 3.60. The van der Waals surface area contributed by atoms with Gasteiger partial charge >= 0.3 is 0 Å². The van der Waals surface area contributed by atoms with E-state index in [-0.39, 0.29) is 5.92 Å². The molecule has 1 N–H and O–H groups in total. The molecule has 1 aliphatic heterocycles. The summed E-state index contributed by atoms with van der Waals surface area (Å²) in [6, 6.07) is 0.587. The maximum Gasteiger partial charge on any atom is 0.162 e. The molecule has 1 saturated heterocycles. The molecule has 0 saturated carbocycles. The smallest absolute Gasteiger partial charge is 0.162 e. The average molecular weight is 203 g/mol. The molecule has 1 heterocycles. The SMILES string of the molecule is O=C1C=CCC2=C3CCCNC3CCC12. The summed E-state index contributed by atoms with van der Waals surface area (Å²) in [6.45, 7) is 1.15. The molecule has 0 spiro atoms. The largest absolute Gasteiger partial charge is 0.310 e. The van der Waals surface area contributed by atoms with Crippen LogP contribution in [0.2, 0.25) is 0 Å². The lowest BCUT2D eigenvalue weighted by Gasteiger charge is -2.37. The summed E-state index contributed by atoms with van der Waals surface area (Å²) in [4.78, 5) is 11.8. The van der Waals surface area contributed by atoms with Gasteiger partial charge in [-0.1, -0.05) is 17.2 Å². The van der Waals surface area contributed by atoms with E-state index in [4.69, 9.17) is 0 Å². The van der Waals surface area contributed by atoms with Gasteiger partial charge in [-0.3, -0.25) is 4.79 Å². The fourth-order valence-electron chi connectivity index (χ4n) is 3.25. The number of carbonyl (C=O) groups excluding carboxylic acids is 1. The fourth-order valence-corrected chi connectivity index (χ4v) is 3.25. The van der Waals surface area contributed by atoms with Crippen molar-refractivity contribution in [1.29, 1.82) is 0 Å². The standard InChI is InChI=1S/C13H17NO/c15-13-5-1-3-9-10-4-2-8-14-12(10)7-6-11(9)13/h1,5,11-12,14H,2-4,6-8H2. The lowest BCUT2D eigenvalue weighted by Crippen LogP contribution is -2.41. The van der Waals surface area contributed by atoms with Gasteiger partial charge in [-0.05, 0) is 44.7 Å². The molecule has 0 radical (unpaired) electrons. The van der Waals surface area contributed by atoms with Crippen molar-refractivity contribution in [3.63, 3.8) is 0 Å². The molecule has 80 valence electrons. The predicted molar refractivity (Wildman–Crippen MR) is 59.5 cm³/mol. The van der Waals surface area contributed by atoms with Gasteiger partial charge in [0.2, 0.25) is 0 Å². The van der Waals surface area contributed by atoms with Crippen molar-refractivity contribution < 1.29 is 4.79 Å². The van der Waals surface area contributed by atoms with E-state index in [1.807, 2.05) is 6.08 Å². The zero-order valence-electron chi connectivity index (χ0n) is 8.96.